The number of nitrogens with zero attached hydrogens (tertiary/aromatic N) is 2. The number of nitriles is 1. The number of anilines is 1. The predicted octanol–water partition coefficient (Wildman–Crippen LogP) is 4.45. The second kappa shape index (κ2) is 11.5. The van der Waals surface area contributed by atoms with E-state index in [1.807, 2.05) is 19.1 Å². The molecule has 1 heterocycles. The SMILES string of the molecule is CCc1cc(C#N)cc2c(NCc3ccc(OC)c(Cl)c3)c(CC(C(=O)OC)C(=O)OC)cnc12. The summed E-state index contributed by atoms with van der Waals surface area (Å²) in [6.07, 6.45) is 2.32. The second-order valence-corrected chi connectivity index (χ2v) is 8.19. The molecule has 0 saturated heterocycles. The van der Waals surface area contributed by atoms with E-state index in [9.17, 15) is 14.9 Å². The van der Waals surface area contributed by atoms with Crippen molar-refractivity contribution >= 4 is 40.1 Å². The Kier molecular flexibility index (Phi) is 8.50. The summed E-state index contributed by atoms with van der Waals surface area (Å²) in [7, 11) is 3.98. The lowest BCUT2D eigenvalue weighted by Crippen LogP contribution is -2.29. The van der Waals surface area contributed by atoms with Crippen molar-refractivity contribution < 1.29 is 23.8 Å². The van der Waals surface area contributed by atoms with Crippen molar-refractivity contribution in [3.05, 3.63) is 63.8 Å². The monoisotopic (exact) mass is 495 g/mol. The summed E-state index contributed by atoms with van der Waals surface area (Å²) in [5.41, 5.74) is 4.29. The van der Waals surface area contributed by atoms with Gasteiger partial charge in [0.05, 0.1) is 43.5 Å². The number of benzene rings is 2. The van der Waals surface area contributed by atoms with Gasteiger partial charge in [0.2, 0.25) is 0 Å². The smallest absolute Gasteiger partial charge is 0.320 e. The van der Waals surface area contributed by atoms with E-state index >= 15 is 0 Å². The first-order chi connectivity index (χ1) is 16.9. The standard InChI is InChI=1S/C26H26ClN3O5/c1-5-17-8-16(12-28)9-19-23(17)30-14-18(11-20(25(31)34-3)26(32)35-4)24(19)29-13-15-6-7-22(33-2)21(27)10-15/h6-10,14,20H,5,11,13H2,1-4H3,(H,29,30). The largest absolute Gasteiger partial charge is 0.495 e. The fourth-order valence-corrected chi connectivity index (χ4v) is 4.17. The molecule has 35 heavy (non-hydrogen) atoms. The van der Waals surface area contributed by atoms with Crippen molar-refractivity contribution in [2.24, 2.45) is 5.92 Å². The van der Waals surface area contributed by atoms with Gasteiger partial charge in [-0.2, -0.15) is 5.26 Å². The average Bonchev–Trinajstić information content (AvgIpc) is 2.89. The van der Waals surface area contributed by atoms with Gasteiger partial charge in [0.1, 0.15) is 5.75 Å². The molecule has 0 amide bonds. The molecule has 0 bridgehead atoms. The lowest BCUT2D eigenvalue weighted by molar-refractivity contribution is -0.158. The summed E-state index contributed by atoms with van der Waals surface area (Å²) in [6.45, 7) is 2.37. The summed E-state index contributed by atoms with van der Waals surface area (Å²) in [5, 5.41) is 14.2. The van der Waals surface area contributed by atoms with E-state index in [0.29, 0.717) is 45.9 Å². The first kappa shape index (κ1) is 25.8. The first-order valence-corrected chi connectivity index (χ1v) is 11.3. The summed E-state index contributed by atoms with van der Waals surface area (Å²) in [4.78, 5) is 29.3. The number of carbonyl (C=O) groups excluding carboxylic acids is 2. The van der Waals surface area contributed by atoms with Gasteiger partial charge in [0.25, 0.3) is 0 Å². The molecule has 8 nitrogen and oxygen atoms in total. The number of hydrogen-bond acceptors (Lipinski definition) is 8. The molecule has 0 aliphatic heterocycles. The predicted molar refractivity (Wildman–Crippen MR) is 132 cm³/mol. The Morgan fingerprint density at radius 2 is 1.83 bits per heavy atom. The zero-order valence-corrected chi connectivity index (χ0v) is 20.7. The third kappa shape index (κ3) is 5.64. The van der Waals surface area contributed by atoms with Gasteiger partial charge in [-0.1, -0.05) is 24.6 Å². The number of methoxy groups -OCH3 is 3. The van der Waals surface area contributed by atoms with Gasteiger partial charge in [-0.25, -0.2) is 0 Å². The molecule has 0 fully saturated rings. The molecule has 1 aromatic heterocycles. The molecule has 0 saturated carbocycles. The Morgan fingerprint density at radius 1 is 1.11 bits per heavy atom. The minimum atomic E-state index is -1.16. The van der Waals surface area contributed by atoms with Crippen LogP contribution in [0.15, 0.2) is 36.5 Å². The highest BCUT2D eigenvalue weighted by Crippen LogP contribution is 2.33. The second-order valence-electron chi connectivity index (χ2n) is 7.78. The summed E-state index contributed by atoms with van der Waals surface area (Å²) < 4.78 is 14.9. The normalized spacial score (nSPS) is 10.7. The van der Waals surface area contributed by atoms with Crippen LogP contribution in [0.25, 0.3) is 10.9 Å². The third-order valence-corrected chi connectivity index (χ3v) is 6.02. The van der Waals surface area contributed by atoms with Crippen LogP contribution in [0.5, 0.6) is 5.75 Å². The van der Waals surface area contributed by atoms with Crippen LogP contribution in [0.2, 0.25) is 5.02 Å². The fraction of sp³-hybridized carbons (Fsp3) is 0.308. The lowest BCUT2D eigenvalue weighted by atomic mass is 9.95. The van der Waals surface area contributed by atoms with Gasteiger partial charge < -0.3 is 19.5 Å². The zero-order chi connectivity index (χ0) is 25.5. The maximum absolute atomic E-state index is 12.3. The molecular formula is C26H26ClN3O5. The van der Waals surface area contributed by atoms with Gasteiger partial charge in [0.15, 0.2) is 5.92 Å². The number of ether oxygens (including phenoxy) is 3. The number of halogens is 1. The Balaban J connectivity index is 2.13. The van der Waals surface area contributed by atoms with Crippen molar-refractivity contribution in [1.82, 2.24) is 4.98 Å². The van der Waals surface area contributed by atoms with E-state index < -0.39 is 17.9 Å². The maximum Gasteiger partial charge on any atom is 0.320 e. The van der Waals surface area contributed by atoms with E-state index in [1.54, 1.807) is 31.5 Å². The topological polar surface area (TPSA) is 111 Å². The molecule has 0 aliphatic carbocycles. The van der Waals surface area contributed by atoms with E-state index in [2.05, 4.69) is 16.4 Å². The molecule has 3 aromatic rings. The molecule has 3 rings (SSSR count). The Morgan fingerprint density at radius 3 is 2.40 bits per heavy atom. The maximum atomic E-state index is 12.3. The number of pyridine rings is 1. The van der Waals surface area contributed by atoms with Crippen molar-refractivity contribution in [3.8, 4) is 11.8 Å². The number of aryl methyl sites for hydroxylation is 1. The Labute approximate surface area is 208 Å². The molecule has 0 radical (unpaired) electrons. The van der Waals surface area contributed by atoms with Crippen LogP contribution in [0.4, 0.5) is 5.69 Å². The highest BCUT2D eigenvalue weighted by atomic mass is 35.5. The number of rotatable bonds is 9. The van der Waals surface area contributed by atoms with Crippen LogP contribution >= 0.6 is 11.6 Å². The Hall–Kier alpha value is -3.83. The van der Waals surface area contributed by atoms with Crippen molar-refractivity contribution in [2.75, 3.05) is 26.6 Å². The van der Waals surface area contributed by atoms with Crippen LogP contribution in [0.1, 0.15) is 29.2 Å². The van der Waals surface area contributed by atoms with E-state index in [-0.39, 0.29) is 6.42 Å². The van der Waals surface area contributed by atoms with Crippen LogP contribution < -0.4 is 10.1 Å². The van der Waals surface area contributed by atoms with Crippen molar-refractivity contribution in [1.29, 1.82) is 5.26 Å². The lowest BCUT2D eigenvalue weighted by Gasteiger charge is -2.19. The van der Waals surface area contributed by atoms with Crippen molar-refractivity contribution in [2.45, 2.75) is 26.3 Å². The van der Waals surface area contributed by atoms with Crippen LogP contribution in [0.3, 0.4) is 0 Å². The van der Waals surface area contributed by atoms with Crippen molar-refractivity contribution in [3.63, 3.8) is 0 Å². The fourth-order valence-electron chi connectivity index (χ4n) is 3.89. The van der Waals surface area contributed by atoms with Crippen LogP contribution in [-0.4, -0.2) is 38.3 Å². The summed E-state index contributed by atoms with van der Waals surface area (Å²) in [5.74, 6) is -2.00. The number of fused-ring (bicyclic) bond motifs is 1. The van der Waals surface area contributed by atoms with E-state index in [1.165, 1.54) is 14.2 Å². The molecule has 2 aromatic carbocycles. The molecule has 0 unspecified atom stereocenters. The third-order valence-electron chi connectivity index (χ3n) is 5.72. The van der Waals surface area contributed by atoms with Crippen LogP contribution in [0, 0.1) is 17.2 Å². The molecule has 0 aliphatic rings. The average molecular weight is 496 g/mol. The Bertz CT molecular complexity index is 1290. The van der Waals surface area contributed by atoms with Gasteiger partial charge in [-0.3, -0.25) is 14.6 Å². The van der Waals surface area contributed by atoms with Gasteiger partial charge in [0, 0.05) is 23.8 Å². The summed E-state index contributed by atoms with van der Waals surface area (Å²) >= 11 is 6.29. The highest BCUT2D eigenvalue weighted by Gasteiger charge is 2.30. The number of aromatic nitrogens is 1. The van der Waals surface area contributed by atoms with Gasteiger partial charge >= 0.3 is 11.9 Å². The molecule has 1 N–H and O–H groups in total. The molecular weight excluding hydrogens is 470 g/mol. The van der Waals surface area contributed by atoms with Crippen LogP contribution in [-0.2, 0) is 38.4 Å². The van der Waals surface area contributed by atoms with E-state index in [4.69, 9.17) is 25.8 Å². The summed E-state index contributed by atoms with van der Waals surface area (Å²) in [6, 6.07) is 11.2. The molecule has 0 spiro atoms. The van der Waals surface area contributed by atoms with Gasteiger partial charge in [-0.05, 0) is 53.8 Å². The minimum absolute atomic E-state index is 0.00618. The molecule has 9 heteroatoms. The number of nitrogens with one attached hydrogen (secondary N) is 1. The first-order valence-electron chi connectivity index (χ1n) is 10.9. The van der Waals surface area contributed by atoms with E-state index in [0.717, 1.165) is 16.6 Å². The number of carbonyl (C=O) groups is 2. The minimum Gasteiger partial charge on any atom is -0.495 e. The number of esters is 2. The molecule has 0 atom stereocenters. The number of hydrogen-bond donors (Lipinski definition) is 1. The van der Waals surface area contributed by atoms with Gasteiger partial charge in [-0.15, -0.1) is 0 Å². The molecule has 182 valence electrons. The quantitative estimate of drug-likeness (QED) is 0.342. The zero-order valence-electron chi connectivity index (χ0n) is 20.0. The highest BCUT2D eigenvalue weighted by molar-refractivity contribution is 6.32.